The Morgan fingerprint density at radius 1 is 1.13 bits per heavy atom. The van der Waals surface area contributed by atoms with E-state index in [1.165, 1.54) is 6.92 Å². The van der Waals surface area contributed by atoms with Crippen molar-refractivity contribution in [2.75, 3.05) is 18.2 Å². The lowest BCUT2D eigenvalue weighted by Crippen LogP contribution is -2.35. The molecular formula is C22H22N2O6. The molecule has 0 aliphatic carbocycles. The fourth-order valence-corrected chi connectivity index (χ4v) is 3.36. The number of esters is 1. The fourth-order valence-electron chi connectivity index (χ4n) is 3.36. The van der Waals surface area contributed by atoms with E-state index in [4.69, 9.17) is 14.2 Å². The van der Waals surface area contributed by atoms with Crippen LogP contribution in [-0.4, -0.2) is 37.2 Å². The molecule has 2 aliphatic heterocycles. The van der Waals surface area contributed by atoms with Crippen LogP contribution in [0.5, 0.6) is 11.5 Å². The molecule has 0 saturated carbocycles. The molecule has 8 nitrogen and oxygen atoms in total. The van der Waals surface area contributed by atoms with Gasteiger partial charge in [-0.1, -0.05) is 6.07 Å². The van der Waals surface area contributed by atoms with Crippen LogP contribution in [0.25, 0.3) is 0 Å². The van der Waals surface area contributed by atoms with Crippen molar-refractivity contribution in [2.45, 2.75) is 32.4 Å². The molecule has 0 bridgehead atoms. The highest BCUT2D eigenvalue weighted by molar-refractivity contribution is 5.96. The fraction of sp³-hybridized carbons (Fsp3) is 0.318. The summed E-state index contributed by atoms with van der Waals surface area (Å²) < 4.78 is 15.8. The van der Waals surface area contributed by atoms with E-state index in [-0.39, 0.29) is 19.2 Å². The van der Waals surface area contributed by atoms with Gasteiger partial charge in [-0.3, -0.25) is 9.59 Å². The Bertz CT molecular complexity index is 972. The van der Waals surface area contributed by atoms with E-state index < -0.39 is 18.0 Å². The summed E-state index contributed by atoms with van der Waals surface area (Å²) in [5, 5.41) is 2.74. The summed E-state index contributed by atoms with van der Waals surface area (Å²) in [7, 11) is 0. The third-order valence-corrected chi connectivity index (χ3v) is 5.04. The minimum Gasteiger partial charge on any atom is -0.454 e. The van der Waals surface area contributed by atoms with E-state index in [9.17, 15) is 14.4 Å². The minimum atomic E-state index is -0.952. The molecule has 4 rings (SSSR count). The molecule has 1 fully saturated rings. The number of anilines is 1. The van der Waals surface area contributed by atoms with Gasteiger partial charge in [-0.2, -0.15) is 0 Å². The number of benzene rings is 2. The maximum atomic E-state index is 12.3. The van der Waals surface area contributed by atoms with Crippen molar-refractivity contribution in [3.05, 3.63) is 53.6 Å². The topological polar surface area (TPSA) is 94.2 Å². The molecule has 2 heterocycles. The number of nitrogens with one attached hydrogen (secondary N) is 1. The van der Waals surface area contributed by atoms with Gasteiger partial charge in [0.1, 0.15) is 0 Å². The van der Waals surface area contributed by atoms with Gasteiger partial charge >= 0.3 is 5.97 Å². The summed E-state index contributed by atoms with van der Waals surface area (Å²) in [4.78, 5) is 38.1. The number of carbonyl (C=O) groups is 3. The second-order valence-electron chi connectivity index (χ2n) is 7.15. The van der Waals surface area contributed by atoms with E-state index in [1.54, 1.807) is 41.3 Å². The van der Waals surface area contributed by atoms with Crippen LogP contribution < -0.4 is 19.7 Å². The van der Waals surface area contributed by atoms with Crippen molar-refractivity contribution >= 4 is 23.5 Å². The summed E-state index contributed by atoms with van der Waals surface area (Å²) >= 11 is 0. The molecule has 30 heavy (non-hydrogen) atoms. The first kappa shape index (κ1) is 19.8. The first-order chi connectivity index (χ1) is 14.5. The average molecular weight is 410 g/mol. The smallest absolute Gasteiger partial charge is 0.338 e. The Kier molecular flexibility index (Phi) is 5.56. The van der Waals surface area contributed by atoms with Crippen molar-refractivity contribution in [1.82, 2.24) is 5.32 Å². The van der Waals surface area contributed by atoms with Gasteiger partial charge in [0, 0.05) is 25.2 Å². The van der Waals surface area contributed by atoms with Gasteiger partial charge in [0.25, 0.3) is 5.91 Å². The van der Waals surface area contributed by atoms with Gasteiger partial charge < -0.3 is 24.4 Å². The Morgan fingerprint density at radius 2 is 1.90 bits per heavy atom. The van der Waals surface area contributed by atoms with Gasteiger partial charge in [-0.15, -0.1) is 0 Å². The summed E-state index contributed by atoms with van der Waals surface area (Å²) in [5.74, 6) is 0.395. The van der Waals surface area contributed by atoms with Crippen LogP contribution in [-0.2, 0) is 20.9 Å². The minimum absolute atomic E-state index is 0.0816. The van der Waals surface area contributed by atoms with Crippen LogP contribution >= 0.6 is 0 Å². The van der Waals surface area contributed by atoms with Crippen LogP contribution in [0.15, 0.2) is 42.5 Å². The number of hydrogen-bond donors (Lipinski definition) is 1. The number of nitrogens with zero attached hydrogens (tertiary/aromatic N) is 1. The van der Waals surface area contributed by atoms with Crippen LogP contribution in [0.3, 0.4) is 0 Å². The average Bonchev–Trinajstić information content (AvgIpc) is 3.40. The van der Waals surface area contributed by atoms with E-state index >= 15 is 0 Å². The number of hydrogen-bond acceptors (Lipinski definition) is 6. The molecule has 0 unspecified atom stereocenters. The number of ether oxygens (including phenoxy) is 3. The van der Waals surface area contributed by atoms with Crippen molar-refractivity contribution < 1.29 is 28.6 Å². The van der Waals surface area contributed by atoms with E-state index in [0.717, 1.165) is 17.7 Å². The largest absolute Gasteiger partial charge is 0.454 e. The van der Waals surface area contributed by atoms with E-state index in [0.29, 0.717) is 30.0 Å². The van der Waals surface area contributed by atoms with Crippen molar-refractivity contribution in [3.63, 3.8) is 0 Å². The van der Waals surface area contributed by atoms with Gasteiger partial charge in [0.05, 0.1) is 5.56 Å². The zero-order valence-electron chi connectivity index (χ0n) is 16.6. The van der Waals surface area contributed by atoms with Crippen molar-refractivity contribution in [1.29, 1.82) is 0 Å². The number of rotatable bonds is 6. The zero-order chi connectivity index (χ0) is 21.1. The standard InChI is InChI=1S/C22H22N2O6/c1-14(21(26)23-12-15-4-9-18-19(11-15)29-13-28-18)30-22(27)16-5-7-17(8-6-16)24-10-2-3-20(24)25/h4-9,11,14H,2-3,10,12-13H2,1H3,(H,23,26)/t14-/m0/s1. The molecule has 2 aromatic carbocycles. The monoisotopic (exact) mass is 410 g/mol. The highest BCUT2D eigenvalue weighted by Crippen LogP contribution is 2.32. The molecule has 1 atom stereocenters. The van der Waals surface area contributed by atoms with E-state index in [1.807, 2.05) is 6.07 Å². The Balaban J connectivity index is 1.29. The summed E-state index contributed by atoms with van der Waals surface area (Å²) in [6.07, 6.45) is 0.427. The van der Waals surface area contributed by atoms with E-state index in [2.05, 4.69) is 5.32 Å². The van der Waals surface area contributed by atoms with Gasteiger partial charge in [0.15, 0.2) is 17.6 Å². The lowest BCUT2D eigenvalue weighted by molar-refractivity contribution is -0.129. The summed E-state index contributed by atoms with van der Waals surface area (Å²) in [6.45, 7) is 2.66. The highest BCUT2D eigenvalue weighted by atomic mass is 16.7. The lowest BCUT2D eigenvalue weighted by Gasteiger charge is -2.16. The first-order valence-electron chi connectivity index (χ1n) is 9.79. The predicted molar refractivity (Wildman–Crippen MR) is 107 cm³/mol. The normalized spacial score (nSPS) is 15.8. The molecule has 1 saturated heterocycles. The number of carbonyl (C=O) groups excluding carboxylic acids is 3. The Labute approximate surface area is 173 Å². The lowest BCUT2D eigenvalue weighted by atomic mass is 10.2. The van der Waals surface area contributed by atoms with Crippen LogP contribution in [0.2, 0.25) is 0 Å². The number of fused-ring (bicyclic) bond motifs is 1. The molecule has 2 aliphatic rings. The maximum Gasteiger partial charge on any atom is 0.338 e. The van der Waals surface area contributed by atoms with Gasteiger partial charge in [-0.05, 0) is 55.3 Å². The highest BCUT2D eigenvalue weighted by Gasteiger charge is 2.23. The van der Waals surface area contributed by atoms with Crippen molar-refractivity contribution in [3.8, 4) is 11.5 Å². The van der Waals surface area contributed by atoms with Crippen LogP contribution in [0.4, 0.5) is 5.69 Å². The molecule has 156 valence electrons. The van der Waals surface area contributed by atoms with Crippen molar-refractivity contribution in [2.24, 2.45) is 0 Å². The molecule has 0 radical (unpaired) electrons. The molecule has 2 amide bonds. The first-order valence-corrected chi connectivity index (χ1v) is 9.79. The molecular weight excluding hydrogens is 388 g/mol. The SMILES string of the molecule is C[C@H](OC(=O)c1ccc(N2CCCC2=O)cc1)C(=O)NCc1ccc2c(c1)OCO2. The Hall–Kier alpha value is -3.55. The van der Waals surface area contributed by atoms with Crippen LogP contribution in [0.1, 0.15) is 35.7 Å². The molecule has 8 heteroatoms. The molecule has 2 aromatic rings. The zero-order valence-corrected chi connectivity index (χ0v) is 16.6. The van der Waals surface area contributed by atoms with Gasteiger partial charge in [-0.25, -0.2) is 4.79 Å². The second kappa shape index (κ2) is 8.44. The molecule has 0 aromatic heterocycles. The third kappa shape index (κ3) is 4.22. The summed E-state index contributed by atoms with van der Waals surface area (Å²) in [6, 6.07) is 12.0. The van der Waals surface area contributed by atoms with Gasteiger partial charge in [0.2, 0.25) is 12.7 Å². The molecule has 1 N–H and O–H groups in total. The maximum absolute atomic E-state index is 12.3. The number of amides is 2. The molecule has 0 spiro atoms. The predicted octanol–water partition coefficient (Wildman–Crippen LogP) is 2.40. The quantitative estimate of drug-likeness (QED) is 0.735. The second-order valence-corrected chi connectivity index (χ2v) is 7.15. The Morgan fingerprint density at radius 3 is 2.63 bits per heavy atom. The third-order valence-electron chi connectivity index (χ3n) is 5.04. The van der Waals surface area contributed by atoms with Crippen LogP contribution in [0, 0.1) is 0 Å². The summed E-state index contributed by atoms with van der Waals surface area (Å²) in [5.41, 5.74) is 1.92.